The van der Waals surface area contributed by atoms with Crippen LogP contribution in [0.2, 0.25) is 0 Å². The van der Waals surface area contributed by atoms with Gasteiger partial charge in [0.1, 0.15) is 6.10 Å². The second-order valence-corrected chi connectivity index (χ2v) is 7.96. The maximum atomic E-state index is 13.7. The van der Waals surface area contributed by atoms with E-state index < -0.39 is 11.6 Å². The summed E-state index contributed by atoms with van der Waals surface area (Å²) in [5.41, 5.74) is 0.435. The van der Waals surface area contributed by atoms with Crippen molar-refractivity contribution in [3.8, 4) is 11.8 Å². The van der Waals surface area contributed by atoms with E-state index >= 15 is 0 Å². The Kier molecular flexibility index (Phi) is 6.78. The van der Waals surface area contributed by atoms with Crippen molar-refractivity contribution < 1.29 is 14.2 Å². The molecule has 0 bridgehead atoms. The summed E-state index contributed by atoms with van der Waals surface area (Å²) in [7, 11) is 0. The summed E-state index contributed by atoms with van der Waals surface area (Å²) < 4.78 is 19.7. The molecule has 162 valence electrons. The van der Waals surface area contributed by atoms with Crippen LogP contribution in [0.5, 0.6) is 11.8 Å². The molecule has 1 aromatic carbocycles. The summed E-state index contributed by atoms with van der Waals surface area (Å²) in [6, 6.07) is 4.63. The van der Waals surface area contributed by atoms with Crippen molar-refractivity contribution in [2.45, 2.75) is 63.5 Å². The minimum atomic E-state index is -0.711. The monoisotopic (exact) mass is 416 g/mol. The summed E-state index contributed by atoms with van der Waals surface area (Å²) in [5.74, 6) is -0.378. The minimum Gasteiger partial charge on any atom is -0.505 e. The number of nitrogens with one attached hydrogen (secondary N) is 3. The molecule has 0 spiro atoms. The zero-order valence-corrected chi connectivity index (χ0v) is 17.0. The number of phenolic OH excluding ortho intramolecular Hbond substituents is 1. The molecule has 0 atom stereocenters. The van der Waals surface area contributed by atoms with Gasteiger partial charge in [0, 0.05) is 17.8 Å². The van der Waals surface area contributed by atoms with Crippen molar-refractivity contribution in [1.29, 1.82) is 0 Å². The molecule has 4 N–H and O–H groups in total. The smallest absolute Gasteiger partial charge is 0.323 e. The first kappa shape index (κ1) is 20.6. The van der Waals surface area contributed by atoms with Crippen molar-refractivity contribution >= 4 is 17.6 Å². The lowest BCUT2D eigenvalue weighted by Crippen LogP contribution is -2.34. The SMILES string of the molecule is Oc1ccc(Nc2nc(NC3CCCCCC3)nc(OC3CCNCC3)n2)cc1F. The Balaban J connectivity index is 1.54. The van der Waals surface area contributed by atoms with Gasteiger partial charge in [0.05, 0.1) is 0 Å². The van der Waals surface area contributed by atoms with Crippen molar-refractivity contribution in [3.63, 3.8) is 0 Å². The van der Waals surface area contributed by atoms with Crippen molar-refractivity contribution in [1.82, 2.24) is 20.3 Å². The Labute approximate surface area is 175 Å². The number of halogens is 1. The largest absolute Gasteiger partial charge is 0.505 e. The highest BCUT2D eigenvalue weighted by molar-refractivity contribution is 5.56. The minimum absolute atomic E-state index is 0.0540. The predicted octanol–water partition coefficient (Wildman–Crippen LogP) is 3.73. The number of hydrogen-bond acceptors (Lipinski definition) is 8. The molecule has 2 aromatic rings. The number of ether oxygens (including phenoxy) is 1. The molecule has 2 heterocycles. The third-order valence-electron chi connectivity index (χ3n) is 5.57. The van der Waals surface area contributed by atoms with Crippen LogP contribution in [0, 0.1) is 5.82 Å². The molecule has 2 fully saturated rings. The number of nitrogens with zero attached hydrogens (tertiary/aromatic N) is 3. The maximum absolute atomic E-state index is 13.7. The van der Waals surface area contributed by atoms with E-state index in [9.17, 15) is 9.50 Å². The van der Waals surface area contributed by atoms with Crippen LogP contribution in [0.15, 0.2) is 18.2 Å². The quantitative estimate of drug-likeness (QED) is 0.417. The summed E-state index contributed by atoms with van der Waals surface area (Å²) in [4.78, 5) is 13.4. The van der Waals surface area contributed by atoms with Gasteiger partial charge in [-0.05, 0) is 50.9 Å². The van der Waals surface area contributed by atoms with Gasteiger partial charge in [-0.15, -0.1) is 0 Å². The molecule has 9 heteroatoms. The van der Waals surface area contributed by atoms with E-state index in [1.165, 1.54) is 37.8 Å². The fourth-order valence-electron chi connectivity index (χ4n) is 3.91. The highest BCUT2D eigenvalue weighted by Crippen LogP contribution is 2.25. The first-order valence-corrected chi connectivity index (χ1v) is 10.8. The van der Waals surface area contributed by atoms with Crippen molar-refractivity contribution in [2.24, 2.45) is 0 Å². The zero-order chi connectivity index (χ0) is 20.8. The third kappa shape index (κ3) is 5.69. The van der Waals surface area contributed by atoms with Crippen LogP contribution < -0.4 is 20.7 Å². The summed E-state index contributed by atoms with van der Waals surface area (Å²) in [6.45, 7) is 1.81. The Morgan fingerprint density at radius 3 is 2.43 bits per heavy atom. The first-order valence-electron chi connectivity index (χ1n) is 10.8. The van der Waals surface area contributed by atoms with E-state index in [2.05, 4.69) is 30.9 Å². The Hall–Kier alpha value is -2.68. The van der Waals surface area contributed by atoms with E-state index in [-0.39, 0.29) is 18.1 Å². The van der Waals surface area contributed by atoms with Crippen LogP contribution in [0.25, 0.3) is 0 Å². The lowest BCUT2D eigenvalue weighted by Gasteiger charge is -2.23. The molecule has 1 aliphatic heterocycles. The average Bonchev–Trinajstić information content (AvgIpc) is 3.00. The van der Waals surface area contributed by atoms with E-state index in [1.807, 2.05) is 0 Å². The Morgan fingerprint density at radius 1 is 0.967 bits per heavy atom. The molecule has 0 radical (unpaired) electrons. The van der Waals surface area contributed by atoms with Crippen LogP contribution in [0.3, 0.4) is 0 Å². The first-order chi connectivity index (χ1) is 14.7. The number of phenols is 1. The number of aromatic nitrogens is 3. The van der Waals surface area contributed by atoms with Gasteiger partial charge in [-0.3, -0.25) is 0 Å². The zero-order valence-electron chi connectivity index (χ0n) is 17.0. The molecule has 0 amide bonds. The molecule has 1 aliphatic carbocycles. The molecule has 30 heavy (non-hydrogen) atoms. The summed E-state index contributed by atoms with van der Waals surface area (Å²) in [5, 5.41) is 19.1. The van der Waals surface area contributed by atoms with Crippen LogP contribution in [0.4, 0.5) is 22.0 Å². The number of benzene rings is 1. The van der Waals surface area contributed by atoms with Crippen LogP contribution in [0.1, 0.15) is 51.4 Å². The maximum Gasteiger partial charge on any atom is 0.323 e. The number of piperidine rings is 1. The Morgan fingerprint density at radius 2 is 1.70 bits per heavy atom. The number of aromatic hydroxyl groups is 1. The van der Waals surface area contributed by atoms with Crippen LogP contribution >= 0.6 is 0 Å². The third-order valence-corrected chi connectivity index (χ3v) is 5.57. The van der Waals surface area contributed by atoms with Gasteiger partial charge >= 0.3 is 6.01 Å². The molecule has 1 saturated heterocycles. The fourth-order valence-corrected chi connectivity index (χ4v) is 3.91. The molecule has 1 aromatic heterocycles. The summed E-state index contributed by atoms with van der Waals surface area (Å²) in [6.07, 6.45) is 8.92. The van der Waals surface area contributed by atoms with Crippen molar-refractivity contribution in [3.05, 3.63) is 24.0 Å². The molecule has 0 unspecified atom stereocenters. The second-order valence-electron chi connectivity index (χ2n) is 7.96. The predicted molar refractivity (Wildman–Crippen MR) is 113 cm³/mol. The standard InChI is InChI=1S/C21H29FN6O2/c22-17-13-15(7-8-18(17)29)25-20-26-19(24-14-5-3-1-2-4-6-14)27-21(28-20)30-16-9-11-23-12-10-16/h7-8,13-14,16,23,29H,1-6,9-12H2,(H2,24,25,26,27,28). The van der Waals surface area contributed by atoms with Crippen molar-refractivity contribution in [2.75, 3.05) is 23.7 Å². The number of anilines is 3. The van der Waals surface area contributed by atoms with E-state index in [0.717, 1.165) is 38.8 Å². The second kappa shape index (κ2) is 9.88. The van der Waals surface area contributed by atoms with E-state index in [1.54, 1.807) is 6.07 Å². The van der Waals surface area contributed by atoms with Gasteiger partial charge in [0.2, 0.25) is 11.9 Å². The van der Waals surface area contributed by atoms with Gasteiger partial charge in [-0.2, -0.15) is 15.0 Å². The average molecular weight is 417 g/mol. The van der Waals surface area contributed by atoms with Gasteiger partial charge in [0.25, 0.3) is 0 Å². The fraction of sp³-hybridized carbons (Fsp3) is 0.571. The molecular weight excluding hydrogens is 387 g/mol. The van der Waals surface area contributed by atoms with Gasteiger partial charge in [-0.1, -0.05) is 25.7 Å². The molecule has 2 aliphatic rings. The van der Waals surface area contributed by atoms with Gasteiger partial charge in [-0.25, -0.2) is 4.39 Å². The number of hydrogen-bond donors (Lipinski definition) is 4. The lowest BCUT2D eigenvalue weighted by atomic mass is 10.1. The number of rotatable bonds is 6. The lowest BCUT2D eigenvalue weighted by molar-refractivity contribution is 0.149. The molecular formula is C21H29FN6O2. The topological polar surface area (TPSA) is 104 Å². The highest BCUT2D eigenvalue weighted by Gasteiger charge is 2.19. The van der Waals surface area contributed by atoms with Gasteiger partial charge in [0.15, 0.2) is 11.6 Å². The molecule has 8 nitrogen and oxygen atoms in total. The van der Waals surface area contributed by atoms with Crippen LogP contribution in [-0.2, 0) is 0 Å². The normalized spacial score (nSPS) is 18.6. The Bertz CT molecular complexity index is 838. The van der Waals surface area contributed by atoms with Crippen LogP contribution in [-0.4, -0.2) is 45.3 Å². The molecule has 4 rings (SSSR count). The van der Waals surface area contributed by atoms with E-state index in [4.69, 9.17) is 4.74 Å². The van der Waals surface area contributed by atoms with Gasteiger partial charge < -0.3 is 25.8 Å². The molecule has 1 saturated carbocycles. The summed E-state index contributed by atoms with van der Waals surface area (Å²) >= 11 is 0. The highest BCUT2D eigenvalue weighted by atomic mass is 19.1. The van der Waals surface area contributed by atoms with E-state index in [0.29, 0.717) is 17.7 Å².